The van der Waals surface area contributed by atoms with Gasteiger partial charge in [-0.05, 0) is 25.0 Å². The summed E-state index contributed by atoms with van der Waals surface area (Å²) in [5.41, 5.74) is 1.51. The number of fused-ring (bicyclic) bond motifs is 1. The van der Waals surface area contributed by atoms with Crippen molar-refractivity contribution in [2.24, 2.45) is 0 Å². The van der Waals surface area contributed by atoms with E-state index in [0.717, 1.165) is 38.1 Å². The highest BCUT2D eigenvalue weighted by Gasteiger charge is 2.13. The van der Waals surface area contributed by atoms with E-state index in [1.807, 2.05) is 24.3 Å². The summed E-state index contributed by atoms with van der Waals surface area (Å²) < 4.78 is 12.2. The molecule has 5 nitrogen and oxygen atoms in total. The van der Waals surface area contributed by atoms with E-state index in [0.29, 0.717) is 18.2 Å². The van der Waals surface area contributed by atoms with E-state index in [1.54, 1.807) is 4.57 Å². The molecule has 0 unspecified atom stereocenters. The fourth-order valence-electron chi connectivity index (χ4n) is 2.51. The Kier molecular flexibility index (Phi) is 3.66. The second-order valence-electron chi connectivity index (χ2n) is 4.83. The van der Waals surface area contributed by atoms with Crippen molar-refractivity contribution in [3.8, 4) is 0 Å². The SMILES string of the molecule is O=c1oc2ccccc2n1CCNC1CCOCC1. The van der Waals surface area contributed by atoms with Crippen molar-refractivity contribution in [2.75, 3.05) is 19.8 Å². The molecule has 1 N–H and O–H groups in total. The number of aromatic nitrogens is 1. The van der Waals surface area contributed by atoms with Gasteiger partial charge in [0.05, 0.1) is 5.52 Å². The van der Waals surface area contributed by atoms with Crippen LogP contribution in [-0.4, -0.2) is 30.4 Å². The van der Waals surface area contributed by atoms with E-state index in [-0.39, 0.29) is 5.76 Å². The molecule has 2 aromatic rings. The molecule has 0 radical (unpaired) electrons. The van der Waals surface area contributed by atoms with Crippen molar-refractivity contribution in [2.45, 2.75) is 25.4 Å². The van der Waals surface area contributed by atoms with Crippen LogP contribution in [0.3, 0.4) is 0 Å². The van der Waals surface area contributed by atoms with Crippen molar-refractivity contribution in [3.05, 3.63) is 34.8 Å². The molecule has 1 aliphatic rings. The first kappa shape index (κ1) is 12.4. The zero-order valence-electron chi connectivity index (χ0n) is 10.8. The minimum absolute atomic E-state index is 0.282. The maximum absolute atomic E-state index is 11.8. The lowest BCUT2D eigenvalue weighted by Crippen LogP contribution is -2.37. The second kappa shape index (κ2) is 5.59. The van der Waals surface area contributed by atoms with Crippen molar-refractivity contribution < 1.29 is 9.15 Å². The summed E-state index contributed by atoms with van der Waals surface area (Å²) in [4.78, 5) is 11.8. The highest BCUT2D eigenvalue weighted by Crippen LogP contribution is 2.11. The van der Waals surface area contributed by atoms with Gasteiger partial charge in [0.25, 0.3) is 0 Å². The van der Waals surface area contributed by atoms with Crippen LogP contribution in [0.4, 0.5) is 0 Å². The molecule has 1 fully saturated rings. The summed E-state index contributed by atoms with van der Waals surface area (Å²) in [5, 5.41) is 3.47. The van der Waals surface area contributed by atoms with Gasteiger partial charge in [-0.3, -0.25) is 4.57 Å². The number of benzene rings is 1. The smallest absolute Gasteiger partial charge is 0.408 e. The van der Waals surface area contributed by atoms with Crippen LogP contribution in [-0.2, 0) is 11.3 Å². The summed E-state index contributed by atoms with van der Waals surface area (Å²) in [5.74, 6) is -0.282. The molecule has 102 valence electrons. The van der Waals surface area contributed by atoms with Gasteiger partial charge in [-0.15, -0.1) is 0 Å². The van der Waals surface area contributed by atoms with Crippen molar-refractivity contribution in [1.82, 2.24) is 9.88 Å². The van der Waals surface area contributed by atoms with Gasteiger partial charge in [-0.1, -0.05) is 12.1 Å². The van der Waals surface area contributed by atoms with E-state index in [1.165, 1.54) is 0 Å². The van der Waals surface area contributed by atoms with Crippen LogP contribution >= 0.6 is 0 Å². The van der Waals surface area contributed by atoms with Gasteiger partial charge in [-0.2, -0.15) is 0 Å². The van der Waals surface area contributed by atoms with Crippen LogP contribution in [0.2, 0.25) is 0 Å². The van der Waals surface area contributed by atoms with Crippen LogP contribution in [0.5, 0.6) is 0 Å². The topological polar surface area (TPSA) is 56.4 Å². The number of rotatable bonds is 4. The first-order valence-corrected chi connectivity index (χ1v) is 6.74. The van der Waals surface area contributed by atoms with Gasteiger partial charge in [0, 0.05) is 32.3 Å². The standard InChI is InChI=1S/C14H18N2O3/c17-14-16(12-3-1-2-4-13(12)19-14)8-7-15-11-5-9-18-10-6-11/h1-4,11,15H,5-10H2. The Morgan fingerprint density at radius 3 is 2.89 bits per heavy atom. The van der Waals surface area contributed by atoms with Crippen molar-refractivity contribution in [1.29, 1.82) is 0 Å². The molecule has 2 heterocycles. The Morgan fingerprint density at radius 2 is 2.05 bits per heavy atom. The second-order valence-corrected chi connectivity index (χ2v) is 4.83. The Hall–Kier alpha value is -1.59. The molecule has 0 saturated carbocycles. The third-order valence-electron chi connectivity index (χ3n) is 3.56. The Balaban J connectivity index is 1.65. The molecule has 19 heavy (non-hydrogen) atoms. The predicted molar refractivity (Wildman–Crippen MR) is 72.3 cm³/mol. The van der Waals surface area contributed by atoms with Gasteiger partial charge in [-0.25, -0.2) is 4.79 Å². The maximum Gasteiger partial charge on any atom is 0.419 e. The first-order valence-electron chi connectivity index (χ1n) is 6.74. The molecule has 0 bridgehead atoms. The highest BCUT2D eigenvalue weighted by molar-refractivity contribution is 5.72. The zero-order chi connectivity index (χ0) is 13.1. The molecule has 0 amide bonds. The van der Waals surface area contributed by atoms with Crippen LogP contribution in [0, 0.1) is 0 Å². The third-order valence-corrected chi connectivity index (χ3v) is 3.56. The molecule has 5 heteroatoms. The zero-order valence-corrected chi connectivity index (χ0v) is 10.8. The van der Waals surface area contributed by atoms with Gasteiger partial charge in [0.2, 0.25) is 0 Å². The van der Waals surface area contributed by atoms with Crippen molar-refractivity contribution >= 4 is 11.1 Å². The monoisotopic (exact) mass is 262 g/mol. The molecule has 3 rings (SSSR count). The Morgan fingerprint density at radius 1 is 1.26 bits per heavy atom. The quantitative estimate of drug-likeness (QED) is 0.904. The lowest BCUT2D eigenvalue weighted by molar-refractivity contribution is 0.0778. The minimum atomic E-state index is -0.282. The molecule has 0 aliphatic carbocycles. The fraction of sp³-hybridized carbons (Fsp3) is 0.500. The van der Waals surface area contributed by atoms with E-state index in [4.69, 9.17) is 9.15 Å². The molecule has 1 aromatic heterocycles. The molecule has 1 saturated heterocycles. The Bertz CT molecular complexity index is 596. The first-order chi connectivity index (χ1) is 9.34. The Labute approximate surface area is 111 Å². The fourth-order valence-corrected chi connectivity index (χ4v) is 2.51. The van der Waals surface area contributed by atoms with Gasteiger partial charge >= 0.3 is 5.76 Å². The molecule has 1 aliphatic heterocycles. The predicted octanol–water partition coefficient (Wildman–Crippen LogP) is 1.36. The van der Waals surface area contributed by atoms with Crippen molar-refractivity contribution in [3.63, 3.8) is 0 Å². The number of oxazole rings is 1. The van der Waals surface area contributed by atoms with Gasteiger partial charge in [0.15, 0.2) is 5.58 Å². The van der Waals surface area contributed by atoms with E-state index >= 15 is 0 Å². The van der Waals surface area contributed by atoms with E-state index in [2.05, 4.69) is 5.32 Å². The largest absolute Gasteiger partial charge is 0.419 e. The third kappa shape index (κ3) is 2.72. The normalized spacial score (nSPS) is 17.1. The molecular weight excluding hydrogens is 244 g/mol. The number of para-hydroxylation sites is 2. The van der Waals surface area contributed by atoms with Crippen LogP contribution in [0.25, 0.3) is 11.1 Å². The average molecular weight is 262 g/mol. The number of ether oxygens (including phenoxy) is 1. The lowest BCUT2D eigenvalue weighted by Gasteiger charge is -2.23. The lowest BCUT2D eigenvalue weighted by atomic mass is 10.1. The van der Waals surface area contributed by atoms with E-state index in [9.17, 15) is 4.79 Å². The molecule has 1 aromatic carbocycles. The number of hydrogen-bond donors (Lipinski definition) is 1. The molecule has 0 atom stereocenters. The maximum atomic E-state index is 11.8. The van der Waals surface area contributed by atoms with Gasteiger partial charge in [0.1, 0.15) is 0 Å². The number of hydrogen-bond acceptors (Lipinski definition) is 4. The summed E-state index contributed by atoms with van der Waals surface area (Å²) >= 11 is 0. The average Bonchev–Trinajstić information content (AvgIpc) is 2.76. The molecular formula is C14H18N2O3. The van der Waals surface area contributed by atoms with Crippen LogP contribution in [0.15, 0.2) is 33.5 Å². The summed E-state index contributed by atoms with van der Waals surface area (Å²) in [6.45, 7) is 3.06. The highest BCUT2D eigenvalue weighted by atomic mass is 16.5. The van der Waals surface area contributed by atoms with Gasteiger partial charge < -0.3 is 14.5 Å². The van der Waals surface area contributed by atoms with Crippen LogP contribution in [0.1, 0.15) is 12.8 Å². The summed E-state index contributed by atoms with van der Waals surface area (Å²) in [6.07, 6.45) is 2.09. The summed E-state index contributed by atoms with van der Waals surface area (Å²) in [7, 11) is 0. The van der Waals surface area contributed by atoms with Crippen LogP contribution < -0.4 is 11.1 Å². The minimum Gasteiger partial charge on any atom is -0.408 e. The molecule has 0 spiro atoms. The number of nitrogens with one attached hydrogen (secondary N) is 1. The number of nitrogens with zero attached hydrogens (tertiary/aromatic N) is 1. The van der Waals surface area contributed by atoms with E-state index < -0.39 is 0 Å². The summed E-state index contributed by atoms with van der Waals surface area (Å²) in [6, 6.07) is 8.02.